The minimum absolute atomic E-state index is 0.203. The standard InChI is InChI=1S/C12H23NO4S2/c1-5-17-11(14)12(2,3)18-10-6-8-13(9-7-10)19(4,15)16/h10H,5-9H2,1-4H3. The molecule has 1 rings (SSSR count). The van der Waals surface area contributed by atoms with Crippen LogP contribution >= 0.6 is 11.8 Å². The van der Waals surface area contributed by atoms with Gasteiger partial charge in [-0.25, -0.2) is 12.7 Å². The quantitative estimate of drug-likeness (QED) is 0.720. The summed E-state index contributed by atoms with van der Waals surface area (Å²) in [5, 5.41) is 0.303. The van der Waals surface area contributed by atoms with E-state index in [9.17, 15) is 13.2 Å². The van der Waals surface area contributed by atoms with Gasteiger partial charge < -0.3 is 4.74 Å². The van der Waals surface area contributed by atoms with Crippen LogP contribution in [-0.2, 0) is 19.6 Å². The van der Waals surface area contributed by atoms with Crippen LogP contribution in [0.4, 0.5) is 0 Å². The van der Waals surface area contributed by atoms with Crippen LogP contribution in [0.2, 0.25) is 0 Å². The Kier molecular flexibility index (Phi) is 5.70. The molecule has 0 aliphatic carbocycles. The Morgan fingerprint density at radius 1 is 1.37 bits per heavy atom. The second-order valence-corrected chi connectivity index (χ2v) is 9.12. The minimum atomic E-state index is -3.09. The van der Waals surface area contributed by atoms with Gasteiger partial charge in [-0.2, -0.15) is 0 Å². The lowest BCUT2D eigenvalue weighted by molar-refractivity contribution is -0.145. The fourth-order valence-corrected chi connectivity index (χ4v) is 4.36. The minimum Gasteiger partial charge on any atom is -0.465 e. The van der Waals surface area contributed by atoms with Crippen molar-refractivity contribution in [1.29, 1.82) is 0 Å². The maximum atomic E-state index is 11.8. The summed E-state index contributed by atoms with van der Waals surface area (Å²) in [4.78, 5) is 11.8. The second kappa shape index (κ2) is 6.45. The van der Waals surface area contributed by atoms with Crippen LogP contribution in [0, 0.1) is 0 Å². The Labute approximate surface area is 120 Å². The maximum absolute atomic E-state index is 11.8. The lowest BCUT2D eigenvalue weighted by Gasteiger charge is -2.33. The van der Waals surface area contributed by atoms with Gasteiger partial charge in [0.25, 0.3) is 0 Å². The summed E-state index contributed by atoms with van der Waals surface area (Å²) in [6.07, 6.45) is 2.80. The summed E-state index contributed by atoms with van der Waals surface area (Å²) in [7, 11) is -3.09. The first-order valence-corrected chi connectivity index (χ1v) is 9.19. The van der Waals surface area contributed by atoms with Gasteiger partial charge in [-0.05, 0) is 33.6 Å². The number of sulfonamides is 1. The smallest absolute Gasteiger partial charge is 0.321 e. The second-order valence-electron chi connectivity index (χ2n) is 5.21. The molecule has 1 heterocycles. The Hall–Kier alpha value is -0.270. The topological polar surface area (TPSA) is 63.7 Å². The van der Waals surface area contributed by atoms with Gasteiger partial charge in [-0.1, -0.05) is 0 Å². The van der Waals surface area contributed by atoms with Crippen molar-refractivity contribution >= 4 is 27.8 Å². The van der Waals surface area contributed by atoms with Crippen LogP contribution in [0.3, 0.4) is 0 Å². The molecule has 0 atom stereocenters. The summed E-state index contributed by atoms with van der Waals surface area (Å²) < 4.78 is 28.8. The molecule has 112 valence electrons. The lowest BCUT2D eigenvalue weighted by atomic mass is 10.2. The van der Waals surface area contributed by atoms with Crippen LogP contribution in [0.25, 0.3) is 0 Å². The molecule has 0 aromatic heterocycles. The average Bonchev–Trinajstić information content (AvgIpc) is 2.28. The van der Waals surface area contributed by atoms with Gasteiger partial charge >= 0.3 is 5.97 Å². The first-order chi connectivity index (χ1) is 8.66. The third kappa shape index (κ3) is 4.96. The van der Waals surface area contributed by atoms with Crippen molar-refractivity contribution in [3.05, 3.63) is 0 Å². The SMILES string of the molecule is CCOC(=O)C(C)(C)SC1CCN(S(C)(=O)=O)CC1. The lowest BCUT2D eigenvalue weighted by Crippen LogP contribution is -2.41. The third-order valence-corrected chi connectivity index (χ3v) is 5.96. The predicted molar refractivity (Wildman–Crippen MR) is 77.7 cm³/mol. The molecule has 0 bridgehead atoms. The summed E-state index contributed by atoms with van der Waals surface area (Å²) in [6, 6.07) is 0. The van der Waals surface area contributed by atoms with Gasteiger partial charge in [0.2, 0.25) is 10.0 Å². The van der Waals surface area contributed by atoms with E-state index in [1.807, 2.05) is 13.8 Å². The first kappa shape index (κ1) is 16.8. The van der Waals surface area contributed by atoms with E-state index in [4.69, 9.17) is 4.74 Å². The van der Waals surface area contributed by atoms with Gasteiger partial charge in [0.1, 0.15) is 4.75 Å². The molecule has 1 aliphatic rings. The van der Waals surface area contributed by atoms with Crippen molar-refractivity contribution in [3.8, 4) is 0 Å². The van der Waals surface area contributed by atoms with E-state index in [-0.39, 0.29) is 5.97 Å². The monoisotopic (exact) mass is 309 g/mol. The average molecular weight is 309 g/mol. The Morgan fingerprint density at radius 3 is 2.32 bits per heavy atom. The summed E-state index contributed by atoms with van der Waals surface area (Å²) in [5.41, 5.74) is 0. The largest absolute Gasteiger partial charge is 0.465 e. The molecule has 0 saturated carbocycles. The van der Waals surface area contributed by atoms with E-state index >= 15 is 0 Å². The molecular formula is C12H23NO4S2. The van der Waals surface area contributed by atoms with Crippen molar-refractivity contribution in [3.63, 3.8) is 0 Å². The Morgan fingerprint density at radius 2 is 1.89 bits per heavy atom. The highest BCUT2D eigenvalue weighted by Crippen LogP contribution is 2.35. The molecule has 19 heavy (non-hydrogen) atoms. The number of ether oxygens (including phenoxy) is 1. The molecule has 5 nitrogen and oxygen atoms in total. The molecule has 0 aromatic carbocycles. The van der Waals surface area contributed by atoms with Crippen LogP contribution in [0.15, 0.2) is 0 Å². The molecule has 0 N–H and O–H groups in total. The number of carbonyl (C=O) groups excluding carboxylic acids is 1. The van der Waals surface area contributed by atoms with Crippen molar-refractivity contribution < 1.29 is 17.9 Å². The molecule has 0 spiro atoms. The van der Waals surface area contributed by atoms with Crippen LogP contribution in [0.1, 0.15) is 33.6 Å². The third-order valence-electron chi connectivity index (χ3n) is 3.10. The fourth-order valence-electron chi connectivity index (χ4n) is 2.05. The van der Waals surface area contributed by atoms with Crippen molar-refractivity contribution in [2.75, 3.05) is 26.0 Å². The highest BCUT2D eigenvalue weighted by atomic mass is 32.2. The highest BCUT2D eigenvalue weighted by Gasteiger charge is 2.35. The van der Waals surface area contributed by atoms with Crippen LogP contribution in [-0.4, -0.2) is 54.6 Å². The number of esters is 1. The summed E-state index contributed by atoms with van der Waals surface area (Å²) in [6.45, 7) is 6.97. The van der Waals surface area contributed by atoms with Gasteiger partial charge in [0.15, 0.2) is 0 Å². The Bertz CT molecular complexity index is 411. The van der Waals surface area contributed by atoms with E-state index in [0.29, 0.717) is 24.9 Å². The van der Waals surface area contributed by atoms with Crippen molar-refractivity contribution in [2.24, 2.45) is 0 Å². The fraction of sp³-hybridized carbons (Fsp3) is 0.917. The summed E-state index contributed by atoms with van der Waals surface area (Å²) in [5.74, 6) is -0.203. The van der Waals surface area contributed by atoms with Gasteiger partial charge in [-0.3, -0.25) is 4.79 Å². The molecule has 7 heteroatoms. The number of piperidine rings is 1. The number of rotatable bonds is 5. The molecule has 1 saturated heterocycles. The molecule has 1 aliphatic heterocycles. The van der Waals surface area contributed by atoms with E-state index in [1.165, 1.54) is 10.6 Å². The number of carbonyl (C=O) groups is 1. The number of thioether (sulfide) groups is 1. The van der Waals surface area contributed by atoms with E-state index in [0.717, 1.165) is 12.8 Å². The molecule has 0 aromatic rings. The van der Waals surface area contributed by atoms with Crippen molar-refractivity contribution in [1.82, 2.24) is 4.31 Å². The molecule has 0 radical (unpaired) electrons. The van der Waals surface area contributed by atoms with Gasteiger partial charge in [0.05, 0.1) is 12.9 Å². The molecule has 0 unspecified atom stereocenters. The zero-order valence-electron chi connectivity index (χ0n) is 12.0. The maximum Gasteiger partial charge on any atom is 0.321 e. The molecular weight excluding hydrogens is 286 g/mol. The molecule has 1 fully saturated rings. The van der Waals surface area contributed by atoms with E-state index in [2.05, 4.69) is 0 Å². The number of hydrogen-bond donors (Lipinski definition) is 0. The van der Waals surface area contributed by atoms with E-state index in [1.54, 1.807) is 18.7 Å². The highest BCUT2D eigenvalue weighted by molar-refractivity contribution is 8.01. The first-order valence-electron chi connectivity index (χ1n) is 6.47. The predicted octanol–water partition coefficient (Wildman–Crippen LogP) is 1.49. The number of nitrogens with zero attached hydrogens (tertiary/aromatic N) is 1. The van der Waals surface area contributed by atoms with Gasteiger partial charge in [0, 0.05) is 18.3 Å². The normalized spacial score (nSPS) is 19.4. The van der Waals surface area contributed by atoms with Crippen LogP contribution in [0.5, 0.6) is 0 Å². The zero-order valence-corrected chi connectivity index (χ0v) is 13.6. The summed E-state index contributed by atoms with van der Waals surface area (Å²) >= 11 is 1.59. The van der Waals surface area contributed by atoms with E-state index < -0.39 is 14.8 Å². The Balaban J connectivity index is 2.51. The number of hydrogen-bond acceptors (Lipinski definition) is 5. The van der Waals surface area contributed by atoms with Gasteiger partial charge in [-0.15, -0.1) is 11.8 Å². The molecule has 0 amide bonds. The zero-order chi connectivity index (χ0) is 14.7. The van der Waals surface area contributed by atoms with Crippen LogP contribution < -0.4 is 0 Å². The van der Waals surface area contributed by atoms with Crippen molar-refractivity contribution in [2.45, 2.75) is 43.6 Å².